The zero-order chi connectivity index (χ0) is 23.2. The van der Waals surface area contributed by atoms with E-state index in [1.165, 1.54) is 0 Å². The van der Waals surface area contributed by atoms with Gasteiger partial charge >= 0.3 is 0 Å². The molecule has 1 unspecified atom stereocenters. The Bertz CT molecular complexity index is 1270. The lowest BCUT2D eigenvalue weighted by Crippen LogP contribution is -2.23. The minimum atomic E-state index is -1.21. The van der Waals surface area contributed by atoms with Gasteiger partial charge in [0, 0.05) is 23.9 Å². The predicted molar refractivity (Wildman–Crippen MR) is 127 cm³/mol. The molecule has 2 aliphatic rings. The van der Waals surface area contributed by atoms with Crippen molar-refractivity contribution in [3.63, 3.8) is 0 Å². The smallest absolute Gasteiger partial charge is 0.231 e. The number of hydrogen-bond donors (Lipinski definition) is 0. The number of carbonyl (C=O) groups excluding carboxylic acids is 1. The van der Waals surface area contributed by atoms with E-state index in [-0.39, 0.29) is 12.6 Å². The highest BCUT2D eigenvalue weighted by Crippen LogP contribution is 2.51. The molecule has 2 heterocycles. The van der Waals surface area contributed by atoms with Crippen molar-refractivity contribution in [3.8, 4) is 22.6 Å². The first-order chi connectivity index (χ1) is 15.9. The van der Waals surface area contributed by atoms with E-state index in [1.807, 2.05) is 61.7 Å². The summed E-state index contributed by atoms with van der Waals surface area (Å²) in [5.41, 5.74) is 4.29. The molecule has 6 nitrogen and oxygen atoms in total. The van der Waals surface area contributed by atoms with Crippen LogP contribution in [0.1, 0.15) is 29.7 Å². The van der Waals surface area contributed by atoms with Gasteiger partial charge in [-0.3, -0.25) is 9.78 Å². The number of carbonyl (C=O) groups is 1. The van der Waals surface area contributed by atoms with Crippen molar-refractivity contribution in [1.29, 1.82) is 0 Å². The number of fused-ring (bicyclic) bond motifs is 1. The molecule has 3 aromatic rings. The second-order valence-corrected chi connectivity index (χ2v) is 10.5. The Balaban J connectivity index is 1.36. The van der Waals surface area contributed by atoms with E-state index in [2.05, 4.69) is 4.98 Å². The Morgan fingerprint density at radius 1 is 1.09 bits per heavy atom. The van der Waals surface area contributed by atoms with Crippen LogP contribution in [0.25, 0.3) is 11.1 Å². The van der Waals surface area contributed by atoms with Crippen molar-refractivity contribution < 1.29 is 18.5 Å². The van der Waals surface area contributed by atoms with Gasteiger partial charge in [0.2, 0.25) is 6.79 Å². The van der Waals surface area contributed by atoms with E-state index in [0.717, 1.165) is 51.4 Å². The van der Waals surface area contributed by atoms with Crippen LogP contribution in [-0.4, -0.2) is 40.2 Å². The number of rotatable bonds is 7. The number of aryl methyl sites for hydroxylation is 1. The third kappa shape index (κ3) is 4.07. The summed E-state index contributed by atoms with van der Waals surface area (Å²) in [5, 5.41) is 0. The van der Waals surface area contributed by atoms with E-state index < -0.39 is 16.4 Å². The van der Waals surface area contributed by atoms with E-state index in [1.54, 1.807) is 18.4 Å². The molecular weight excluding hydrogens is 436 g/mol. The number of benzene rings is 2. The number of Topliss-reactive ketones (excluding diaryl/α,β-unsaturated/α-hetero) is 1. The molecule has 0 spiro atoms. The fourth-order valence-electron chi connectivity index (χ4n) is 4.38. The molecule has 0 radical (unpaired) electrons. The summed E-state index contributed by atoms with van der Waals surface area (Å²) in [5.74, 6) is 1.63. The maximum Gasteiger partial charge on any atom is 0.231 e. The summed E-state index contributed by atoms with van der Waals surface area (Å²) in [7, 11) is 2.37. The number of nitrogens with zero attached hydrogens (tertiary/aromatic N) is 2. The maximum absolute atomic E-state index is 13.3. The van der Waals surface area contributed by atoms with E-state index in [0.29, 0.717) is 12.2 Å². The van der Waals surface area contributed by atoms with Gasteiger partial charge in [-0.25, -0.2) is 8.51 Å². The SMILES string of the molecule is Cc1cc(CC(=O)C2(c3ccc4c(c3)OCO4)CC2)ncc1-c1cccc(S(=O)N(C)C)c1. The van der Waals surface area contributed by atoms with Gasteiger partial charge in [0.15, 0.2) is 11.5 Å². The first-order valence-corrected chi connectivity index (χ1v) is 12.1. The van der Waals surface area contributed by atoms with Crippen molar-refractivity contribution in [1.82, 2.24) is 9.29 Å². The molecule has 33 heavy (non-hydrogen) atoms. The molecule has 0 N–H and O–H groups in total. The first-order valence-electron chi connectivity index (χ1n) is 11.0. The summed E-state index contributed by atoms with van der Waals surface area (Å²) < 4.78 is 25.0. The Kier molecular flexibility index (Phi) is 5.54. The van der Waals surface area contributed by atoms with Gasteiger partial charge in [-0.15, -0.1) is 0 Å². The van der Waals surface area contributed by atoms with Crippen LogP contribution < -0.4 is 9.47 Å². The van der Waals surface area contributed by atoms with Crippen LogP contribution in [-0.2, 0) is 27.6 Å². The highest BCUT2D eigenvalue weighted by molar-refractivity contribution is 7.82. The average Bonchev–Trinajstić information content (AvgIpc) is 3.49. The molecule has 1 saturated carbocycles. The molecule has 7 heteroatoms. The zero-order valence-corrected chi connectivity index (χ0v) is 19.8. The summed E-state index contributed by atoms with van der Waals surface area (Å²) in [6, 6.07) is 15.5. The molecule has 170 valence electrons. The lowest BCUT2D eigenvalue weighted by molar-refractivity contribution is -0.120. The van der Waals surface area contributed by atoms with Crippen molar-refractivity contribution >= 4 is 16.8 Å². The van der Waals surface area contributed by atoms with Crippen LogP contribution in [0.15, 0.2) is 59.6 Å². The maximum atomic E-state index is 13.3. The Hall–Kier alpha value is -3.03. The van der Waals surface area contributed by atoms with Gasteiger partial charge < -0.3 is 9.47 Å². The molecule has 1 aliphatic heterocycles. The Labute approximate surface area is 196 Å². The number of ketones is 1. The molecule has 0 bridgehead atoms. The lowest BCUT2D eigenvalue weighted by Gasteiger charge is -2.16. The van der Waals surface area contributed by atoms with E-state index in [9.17, 15) is 9.00 Å². The van der Waals surface area contributed by atoms with Crippen molar-refractivity contribution in [2.45, 2.75) is 36.5 Å². The van der Waals surface area contributed by atoms with Crippen LogP contribution in [0.4, 0.5) is 0 Å². The summed E-state index contributed by atoms with van der Waals surface area (Å²) >= 11 is 0. The van der Waals surface area contributed by atoms with Crippen LogP contribution in [0, 0.1) is 6.92 Å². The van der Waals surface area contributed by atoms with E-state index >= 15 is 0 Å². The Morgan fingerprint density at radius 2 is 1.88 bits per heavy atom. The molecule has 1 aromatic heterocycles. The predicted octanol–water partition coefficient (Wildman–Crippen LogP) is 4.21. The van der Waals surface area contributed by atoms with Crippen molar-refractivity contribution in [2.24, 2.45) is 0 Å². The first kappa shape index (κ1) is 21.8. The number of ether oxygens (including phenoxy) is 2. The molecule has 5 rings (SSSR count). The summed E-state index contributed by atoms with van der Waals surface area (Å²) in [6.07, 6.45) is 3.80. The largest absolute Gasteiger partial charge is 0.454 e. The van der Waals surface area contributed by atoms with Crippen LogP contribution in [0.3, 0.4) is 0 Å². The molecule has 0 amide bonds. The summed E-state index contributed by atoms with van der Waals surface area (Å²) in [6.45, 7) is 2.24. The van der Waals surface area contributed by atoms with Crippen molar-refractivity contribution in [2.75, 3.05) is 20.9 Å². The number of hydrogen-bond acceptors (Lipinski definition) is 5. The fourth-order valence-corrected chi connectivity index (χ4v) is 5.22. The second kappa shape index (κ2) is 8.39. The topological polar surface area (TPSA) is 68.7 Å². The van der Waals surface area contributed by atoms with Crippen LogP contribution >= 0.6 is 0 Å². The highest BCUT2D eigenvalue weighted by atomic mass is 32.2. The quantitative estimate of drug-likeness (QED) is 0.526. The second-order valence-electron chi connectivity index (χ2n) is 8.83. The minimum absolute atomic E-state index is 0.185. The lowest BCUT2D eigenvalue weighted by atomic mass is 9.88. The third-order valence-corrected chi connectivity index (χ3v) is 7.72. The van der Waals surface area contributed by atoms with E-state index in [4.69, 9.17) is 9.47 Å². The molecule has 1 atom stereocenters. The number of aromatic nitrogens is 1. The standard InChI is InChI=1S/C26H26N2O4S/c1-17-11-20(27-15-22(17)18-5-4-6-21(12-18)33(30)28(2)3)14-25(29)26(9-10-26)19-7-8-23-24(13-19)32-16-31-23/h4-8,11-13,15H,9-10,14,16H2,1-3H3. The molecule has 2 aromatic carbocycles. The molecule has 1 fully saturated rings. The van der Waals surface area contributed by atoms with Gasteiger partial charge in [-0.2, -0.15) is 0 Å². The number of pyridine rings is 1. The molecule has 0 saturated heterocycles. The minimum Gasteiger partial charge on any atom is -0.454 e. The van der Waals surface area contributed by atoms with Gasteiger partial charge in [0.1, 0.15) is 16.8 Å². The van der Waals surface area contributed by atoms with Gasteiger partial charge in [0.05, 0.1) is 10.3 Å². The monoisotopic (exact) mass is 462 g/mol. The fraction of sp³-hybridized carbons (Fsp3) is 0.308. The Morgan fingerprint density at radius 3 is 2.61 bits per heavy atom. The third-order valence-electron chi connectivity index (χ3n) is 6.40. The van der Waals surface area contributed by atoms with Gasteiger partial charge in [-0.1, -0.05) is 18.2 Å². The summed E-state index contributed by atoms with van der Waals surface area (Å²) in [4.78, 5) is 18.6. The zero-order valence-electron chi connectivity index (χ0n) is 19.0. The molecule has 1 aliphatic carbocycles. The average molecular weight is 463 g/mol. The van der Waals surface area contributed by atoms with Crippen LogP contribution in [0.5, 0.6) is 11.5 Å². The normalized spacial score (nSPS) is 16.6. The van der Waals surface area contributed by atoms with Crippen LogP contribution in [0.2, 0.25) is 0 Å². The van der Waals surface area contributed by atoms with Gasteiger partial charge in [0.25, 0.3) is 0 Å². The molecular formula is C26H26N2O4S. The highest BCUT2D eigenvalue weighted by Gasteiger charge is 2.51. The van der Waals surface area contributed by atoms with Gasteiger partial charge in [-0.05, 0) is 80.9 Å². The van der Waals surface area contributed by atoms with Crippen molar-refractivity contribution in [3.05, 3.63) is 71.5 Å².